The minimum atomic E-state index is 0.0493. The van der Waals surface area contributed by atoms with E-state index in [0.717, 1.165) is 12.2 Å². The smallest absolute Gasteiger partial charge is 0.220 e. The summed E-state index contributed by atoms with van der Waals surface area (Å²) in [6.45, 7) is 4.63. The first kappa shape index (κ1) is 16.9. The molecule has 0 aliphatic heterocycles. The zero-order valence-electron chi connectivity index (χ0n) is 13.6. The van der Waals surface area contributed by atoms with Gasteiger partial charge >= 0.3 is 0 Å². The van der Waals surface area contributed by atoms with Crippen LogP contribution in [0.3, 0.4) is 0 Å². The largest absolute Gasteiger partial charge is 0.491 e. The van der Waals surface area contributed by atoms with Crippen LogP contribution in [0.5, 0.6) is 5.75 Å². The molecule has 1 amide bonds. The lowest BCUT2D eigenvalue weighted by molar-refractivity contribution is -0.121. The average molecular weight is 317 g/mol. The number of benzene rings is 1. The number of hydrogen-bond donors (Lipinski definition) is 2. The summed E-state index contributed by atoms with van der Waals surface area (Å²) in [6, 6.07) is 7.98. The van der Waals surface area contributed by atoms with Crippen molar-refractivity contribution < 1.29 is 9.53 Å². The van der Waals surface area contributed by atoms with Crippen molar-refractivity contribution in [3.63, 3.8) is 0 Å². The van der Waals surface area contributed by atoms with Crippen LogP contribution in [0.2, 0.25) is 0 Å². The van der Waals surface area contributed by atoms with Gasteiger partial charge in [0.1, 0.15) is 5.75 Å². The molecule has 0 aliphatic rings. The highest BCUT2D eigenvalue weighted by Gasteiger charge is 2.04. The molecule has 0 saturated heterocycles. The van der Waals surface area contributed by atoms with Crippen LogP contribution in [0.15, 0.2) is 24.3 Å². The van der Waals surface area contributed by atoms with Crippen molar-refractivity contribution in [2.75, 3.05) is 6.54 Å². The summed E-state index contributed by atoms with van der Waals surface area (Å²) in [7, 11) is 0. The van der Waals surface area contributed by atoms with E-state index in [1.165, 1.54) is 5.56 Å². The third-order valence-corrected chi connectivity index (χ3v) is 3.22. The van der Waals surface area contributed by atoms with Gasteiger partial charge in [0.05, 0.1) is 6.10 Å². The number of ether oxygens (including phenoxy) is 1. The Labute approximate surface area is 135 Å². The minimum Gasteiger partial charge on any atom is -0.491 e. The van der Waals surface area contributed by atoms with Gasteiger partial charge in [0, 0.05) is 19.4 Å². The normalized spacial score (nSPS) is 10.7. The lowest BCUT2D eigenvalue weighted by Gasteiger charge is -2.10. The number of nitrogens with one attached hydrogen (secondary N) is 2. The molecule has 2 N–H and O–H groups in total. The molecule has 1 aromatic heterocycles. The first-order chi connectivity index (χ1) is 11.1. The summed E-state index contributed by atoms with van der Waals surface area (Å²) in [5, 5.41) is 16.5. The predicted molar refractivity (Wildman–Crippen MR) is 86.0 cm³/mol. The molecule has 124 valence electrons. The molecule has 0 atom stereocenters. The Hall–Kier alpha value is -2.44. The Kier molecular flexibility index (Phi) is 6.53. The highest BCUT2D eigenvalue weighted by Crippen LogP contribution is 2.13. The van der Waals surface area contributed by atoms with Crippen molar-refractivity contribution in [3.8, 4) is 5.75 Å². The summed E-state index contributed by atoms with van der Waals surface area (Å²) < 4.78 is 5.60. The molecular formula is C16H23N5O2. The van der Waals surface area contributed by atoms with Crippen molar-refractivity contribution >= 4 is 5.91 Å². The van der Waals surface area contributed by atoms with Gasteiger partial charge in [-0.3, -0.25) is 4.79 Å². The fourth-order valence-electron chi connectivity index (χ4n) is 2.14. The van der Waals surface area contributed by atoms with E-state index in [-0.39, 0.29) is 12.0 Å². The van der Waals surface area contributed by atoms with Crippen molar-refractivity contribution in [3.05, 3.63) is 35.7 Å². The van der Waals surface area contributed by atoms with Crippen LogP contribution in [0.4, 0.5) is 0 Å². The van der Waals surface area contributed by atoms with Gasteiger partial charge in [-0.15, -0.1) is 10.2 Å². The van der Waals surface area contributed by atoms with E-state index in [1.807, 2.05) is 38.1 Å². The summed E-state index contributed by atoms with van der Waals surface area (Å²) in [4.78, 5) is 11.7. The molecule has 2 aromatic rings. The number of amides is 1. The molecule has 2 rings (SSSR count). The standard InChI is InChI=1S/C16H23N5O2/c1-12(2)23-14-8-6-13(7-9-14)10-11-17-16(22)5-3-4-15-18-20-21-19-15/h6-9,12H,3-5,10-11H2,1-2H3,(H,17,22)(H,18,19,20,21). The molecule has 7 nitrogen and oxygen atoms in total. The molecule has 1 aromatic carbocycles. The van der Waals surface area contributed by atoms with Crippen molar-refractivity contribution in [2.24, 2.45) is 0 Å². The monoisotopic (exact) mass is 317 g/mol. The van der Waals surface area contributed by atoms with Crippen LogP contribution in [0, 0.1) is 0 Å². The van der Waals surface area contributed by atoms with Crippen LogP contribution in [0.1, 0.15) is 38.1 Å². The second kappa shape index (κ2) is 8.87. The first-order valence-corrected chi connectivity index (χ1v) is 7.88. The fraction of sp³-hybridized carbons (Fsp3) is 0.500. The number of aromatic nitrogens is 4. The number of nitrogens with zero attached hydrogens (tertiary/aromatic N) is 3. The molecule has 0 radical (unpaired) electrons. The van der Waals surface area contributed by atoms with E-state index in [2.05, 4.69) is 25.9 Å². The highest BCUT2D eigenvalue weighted by atomic mass is 16.5. The van der Waals surface area contributed by atoms with Gasteiger partial charge in [0.15, 0.2) is 5.82 Å². The maximum Gasteiger partial charge on any atom is 0.220 e. The molecule has 7 heteroatoms. The van der Waals surface area contributed by atoms with Crippen LogP contribution in [-0.2, 0) is 17.6 Å². The Morgan fingerprint density at radius 1 is 1.26 bits per heavy atom. The van der Waals surface area contributed by atoms with E-state index in [9.17, 15) is 4.79 Å². The summed E-state index contributed by atoms with van der Waals surface area (Å²) in [5.74, 6) is 1.56. The molecule has 0 aliphatic carbocycles. The molecule has 0 bridgehead atoms. The second-order valence-electron chi connectivity index (χ2n) is 5.59. The van der Waals surface area contributed by atoms with Crippen LogP contribution in [-0.4, -0.2) is 39.2 Å². The molecule has 0 saturated carbocycles. The molecular weight excluding hydrogens is 294 g/mol. The summed E-state index contributed by atoms with van der Waals surface area (Å²) in [5.41, 5.74) is 1.17. The number of H-pyrrole nitrogens is 1. The number of aromatic amines is 1. The van der Waals surface area contributed by atoms with E-state index >= 15 is 0 Å². The topological polar surface area (TPSA) is 92.8 Å². The highest BCUT2D eigenvalue weighted by molar-refractivity contribution is 5.75. The number of aryl methyl sites for hydroxylation is 1. The number of tetrazole rings is 1. The van der Waals surface area contributed by atoms with Crippen molar-refractivity contribution in [1.82, 2.24) is 25.9 Å². The zero-order chi connectivity index (χ0) is 16.5. The van der Waals surface area contributed by atoms with Crippen LogP contribution < -0.4 is 10.1 Å². The Morgan fingerprint density at radius 3 is 2.70 bits per heavy atom. The number of hydrogen-bond acceptors (Lipinski definition) is 5. The SMILES string of the molecule is CC(C)Oc1ccc(CCNC(=O)CCCc2nn[nH]n2)cc1. The summed E-state index contributed by atoms with van der Waals surface area (Å²) >= 11 is 0. The molecule has 23 heavy (non-hydrogen) atoms. The van der Waals surface area contributed by atoms with Gasteiger partial charge in [-0.25, -0.2) is 0 Å². The van der Waals surface area contributed by atoms with Crippen LogP contribution in [0.25, 0.3) is 0 Å². The average Bonchev–Trinajstić information content (AvgIpc) is 3.02. The maximum atomic E-state index is 11.7. The lowest BCUT2D eigenvalue weighted by atomic mass is 10.1. The van der Waals surface area contributed by atoms with Gasteiger partial charge in [-0.2, -0.15) is 5.21 Å². The van der Waals surface area contributed by atoms with Crippen molar-refractivity contribution in [1.29, 1.82) is 0 Å². The van der Waals surface area contributed by atoms with E-state index in [4.69, 9.17) is 4.74 Å². The third kappa shape index (κ3) is 6.46. The van der Waals surface area contributed by atoms with Gasteiger partial charge in [-0.05, 0) is 44.4 Å². The number of carbonyl (C=O) groups is 1. The fourth-order valence-corrected chi connectivity index (χ4v) is 2.14. The minimum absolute atomic E-state index is 0.0493. The van der Waals surface area contributed by atoms with Crippen molar-refractivity contribution in [2.45, 2.75) is 45.6 Å². The molecule has 1 heterocycles. The molecule has 0 unspecified atom stereocenters. The number of rotatable bonds is 9. The van der Waals surface area contributed by atoms with Gasteiger partial charge in [-0.1, -0.05) is 17.3 Å². The predicted octanol–water partition coefficient (Wildman–Crippen LogP) is 1.67. The first-order valence-electron chi connectivity index (χ1n) is 7.88. The van der Waals surface area contributed by atoms with Gasteiger partial charge in [0.2, 0.25) is 5.91 Å². The van der Waals surface area contributed by atoms with Gasteiger partial charge < -0.3 is 10.1 Å². The van der Waals surface area contributed by atoms with E-state index in [0.29, 0.717) is 31.6 Å². The quantitative estimate of drug-likeness (QED) is 0.734. The third-order valence-electron chi connectivity index (χ3n) is 3.22. The Morgan fingerprint density at radius 2 is 2.04 bits per heavy atom. The van der Waals surface area contributed by atoms with Gasteiger partial charge in [0.25, 0.3) is 0 Å². The van der Waals surface area contributed by atoms with E-state index < -0.39 is 0 Å². The number of carbonyl (C=O) groups excluding carboxylic acids is 1. The zero-order valence-corrected chi connectivity index (χ0v) is 13.6. The van der Waals surface area contributed by atoms with Crippen LogP contribution >= 0.6 is 0 Å². The second-order valence-corrected chi connectivity index (χ2v) is 5.59. The molecule has 0 spiro atoms. The molecule has 0 fully saturated rings. The Bertz CT molecular complexity index is 581. The van der Waals surface area contributed by atoms with E-state index in [1.54, 1.807) is 0 Å². The summed E-state index contributed by atoms with van der Waals surface area (Å²) in [6.07, 6.45) is 2.81. The lowest BCUT2D eigenvalue weighted by Crippen LogP contribution is -2.25. The maximum absolute atomic E-state index is 11.7. The Balaban J connectivity index is 1.61.